The van der Waals surface area contributed by atoms with Crippen molar-refractivity contribution >= 4 is 51.9 Å². The summed E-state index contributed by atoms with van der Waals surface area (Å²) in [5.74, 6) is -4.01. The van der Waals surface area contributed by atoms with E-state index in [-0.39, 0.29) is 35.6 Å². The summed E-state index contributed by atoms with van der Waals surface area (Å²) in [7, 11) is 1.47. The maximum absolute atomic E-state index is 15.2. The Balaban J connectivity index is 1.47. The molecule has 2 aliphatic heterocycles. The summed E-state index contributed by atoms with van der Waals surface area (Å²) in [5.41, 5.74) is 5.62. The molecule has 10 heteroatoms. The van der Waals surface area contributed by atoms with Crippen LogP contribution in [0, 0.1) is 34.2 Å². The second-order valence-corrected chi connectivity index (χ2v) is 14.1. The van der Waals surface area contributed by atoms with Gasteiger partial charge in [0.05, 0.1) is 39.5 Å². The number of hydrogen-bond donors (Lipinski definition) is 2. The van der Waals surface area contributed by atoms with E-state index >= 15 is 4.79 Å². The maximum atomic E-state index is 15.2. The number of nitrogens with one attached hydrogen (secondary N) is 1. The maximum Gasteiger partial charge on any atom is 0.260 e. The number of anilines is 1. The van der Waals surface area contributed by atoms with Crippen LogP contribution in [0.1, 0.15) is 48.8 Å². The van der Waals surface area contributed by atoms with Crippen molar-refractivity contribution in [3.8, 4) is 11.5 Å². The van der Waals surface area contributed by atoms with E-state index in [9.17, 15) is 19.5 Å². The van der Waals surface area contributed by atoms with E-state index in [1.54, 1.807) is 6.07 Å². The predicted octanol–water partition coefficient (Wildman–Crippen LogP) is 5.71. The fourth-order valence-corrected chi connectivity index (χ4v) is 9.17. The van der Waals surface area contributed by atoms with Crippen molar-refractivity contribution in [3.63, 3.8) is 0 Å². The lowest BCUT2D eigenvalue weighted by atomic mass is 9.49. The number of ether oxygens (including phenoxy) is 1. The second-order valence-electron chi connectivity index (χ2n) is 13.0. The first-order chi connectivity index (χ1) is 22.6. The highest BCUT2D eigenvalue weighted by Crippen LogP contribution is 2.64. The Labute approximate surface area is 287 Å². The van der Waals surface area contributed by atoms with Crippen molar-refractivity contribution in [1.82, 2.24) is 9.91 Å². The lowest BCUT2D eigenvalue weighted by Crippen LogP contribution is -2.53. The number of phenols is 1. The summed E-state index contributed by atoms with van der Waals surface area (Å²) in [6, 6.07) is 20.4. The first-order valence-electron chi connectivity index (χ1n) is 16.0. The van der Waals surface area contributed by atoms with Gasteiger partial charge in [0.25, 0.3) is 11.8 Å². The van der Waals surface area contributed by atoms with Gasteiger partial charge in [-0.3, -0.25) is 29.5 Å². The zero-order valence-corrected chi connectivity index (χ0v) is 28.6. The number of aryl methyl sites for hydroxylation is 1. The average Bonchev–Trinajstić information content (AvgIpc) is 3.44. The molecule has 2 saturated heterocycles. The van der Waals surface area contributed by atoms with Gasteiger partial charge < -0.3 is 9.84 Å². The average molecular weight is 746 g/mol. The van der Waals surface area contributed by atoms with E-state index in [4.69, 9.17) is 4.74 Å². The number of methoxy groups -OCH3 is 1. The smallest absolute Gasteiger partial charge is 0.260 e. The number of fused-ring (bicyclic) bond motifs is 4. The largest absolute Gasteiger partial charge is 0.504 e. The molecule has 1 saturated carbocycles. The predicted molar refractivity (Wildman–Crippen MR) is 183 cm³/mol. The van der Waals surface area contributed by atoms with Gasteiger partial charge in [0.1, 0.15) is 0 Å². The summed E-state index contributed by atoms with van der Waals surface area (Å²) in [5, 5.41) is 12.0. The summed E-state index contributed by atoms with van der Waals surface area (Å²) >= 11 is 2.05. The van der Waals surface area contributed by atoms with Crippen LogP contribution in [0.25, 0.3) is 0 Å². The third-order valence-corrected chi connectivity index (χ3v) is 11.4. The van der Waals surface area contributed by atoms with E-state index in [1.807, 2.05) is 103 Å². The summed E-state index contributed by atoms with van der Waals surface area (Å²) < 4.78 is 6.12. The molecule has 3 fully saturated rings. The summed E-state index contributed by atoms with van der Waals surface area (Å²) in [4.78, 5) is 58.8. The number of phenolic OH excluding ortho intramolecular Hbond substituents is 1. The number of imide groups is 2. The van der Waals surface area contributed by atoms with E-state index in [0.717, 1.165) is 16.1 Å². The van der Waals surface area contributed by atoms with Crippen LogP contribution < -0.4 is 10.2 Å². The normalized spacial score (nSPS) is 28.2. The Morgan fingerprint density at radius 2 is 1.70 bits per heavy atom. The minimum Gasteiger partial charge on any atom is -0.504 e. The van der Waals surface area contributed by atoms with Gasteiger partial charge >= 0.3 is 0 Å². The van der Waals surface area contributed by atoms with Crippen molar-refractivity contribution in [2.75, 3.05) is 19.1 Å². The third kappa shape index (κ3) is 4.62. The Morgan fingerprint density at radius 1 is 0.979 bits per heavy atom. The zero-order chi connectivity index (χ0) is 33.2. The molecule has 2 heterocycles. The van der Waals surface area contributed by atoms with Gasteiger partial charge in [0.2, 0.25) is 11.8 Å². The third-order valence-electron chi connectivity index (χ3n) is 10.5. The van der Waals surface area contributed by atoms with Crippen LogP contribution in [0.4, 0.5) is 5.69 Å². The monoisotopic (exact) mass is 745 g/mol. The van der Waals surface area contributed by atoms with E-state index in [0.29, 0.717) is 39.8 Å². The van der Waals surface area contributed by atoms with Crippen LogP contribution in [-0.2, 0) is 24.6 Å². The molecule has 6 atom stereocenters. The van der Waals surface area contributed by atoms with Crippen LogP contribution in [0.5, 0.6) is 11.5 Å². The lowest BCUT2D eigenvalue weighted by Gasteiger charge is -2.50. The van der Waals surface area contributed by atoms with Gasteiger partial charge in [0, 0.05) is 12.5 Å². The molecule has 0 radical (unpaired) electrons. The number of carbonyl (C=O) groups excluding carboxylic acids is 4. The van der Waals surface area contributed by atoms with Crippen LogP contribution in [-0.4, -0.2) is 52.3 Å². The number of aromatic hydroxyl groups is 1. The molecule has 47 heavy (non-hydrogen) atoms. The highest BCUT2D eigenvalue weighted by Gasteiger charge is 2.70. The molecular weight excluding hydrogens is 709 g/mol. The topological polar surface area (TPSA) is 116 Å². The number of halogens is 1. The van der Waals surface area contributed by atoms with Gasteiger partial charge in [-0.2, -0.15) is 5.01 Å². The Kier molecular flexibility index (Phi) is 7.89. The first kappa shape index (κ1) is 31.4. The number of allylic oxidation sites excluding steroid dienone is 2. The number of carbonyl (C=O) groups is 4. The molecule has 0 bridgehead atoms. The van der Waals surface area contributed by atoms with Gasteiger partial charge in [-0.25, -0.2) is 0 Å². The van der Waals surface area contributed by atoms with Crippen molar-refractivity contribution in [2.24, 2.45) is 23.7 Å². The molecule has 9 nitrogen and oxygen atoms in total. The van der Waals surface area contributed by atoms with Crippen LogP contribution in [0.2, 0.25) is 0 Å². The Morgan fingerprint density at radius 3 is 2.38 bits per heavy atom. The highest BCUT2D eigenvalue weighted by atomic mass is 127. The molecule has 2 N–H and O–H groups in total. The van der Waals surface area contributed by atoms with E-state index < -0.39 is 40.9 Å². The summed E-state index contributed by atoms with van der Waals surface area (Å²) in [6.45, 7) is 4.26. The second kappa shape index (κ2) is 11.8. The summed E-state index contributed by atoms with van der Waals surface area (Å²) in [6.07, 6.45) is 3.30. The van der Waals surface area contributed by atoms with Gasteiger partial charge in [-0.05, 0) is 90.1 Å². The molecule has 2 aliphatic carbocycles. The van der Waals surface area contributed by atoms with E-state index in [2.05, 4.69) is 5.43 Å². The fraction of sp³-hybridized carbons (Fsp3) is 0.351. The molecule has 4 aliphatic rings. The minimum atomic E-state index is -1.38. The Hall–Kier alpha value is -4.19. The molecule has 6 unspecified atom stereocenters. The molecule has 4 amide bonds. The fourth-order valence-electron chi connectivity index (χ4n) is 8.55. The van der Waals surface area contributed by atoms with E-state index in [1.165, 1.54) is 12.0 Å². The molecule has 242 valence electrons. The van der Waals surface area contributed by atoms with Gasteiger partial charge in [-0.1, -0.05) is 66.6 Å². The minimum absolute atomic E-state index is 0.0181. The number of likely N-dealkylation sites (tertiary alicyclic amines) is 1. The van der Waals surface area contributed by atoms with Crippen molar-refractivity contribution in [3.05, 3.63) is 98.6 Å². The van der Waals surface area contributed by atoms with Crippen molar-refractivity contribution < 1.29 is 29.0 Å². The SMILES string of the molecule is CCCN1C(=O)C2CC=C3C(CC4C(=O)N(Nc5ccc(C)cc5)C(=O)C4(c4ccccc4)C3c3cc(I)c(O)c(OC)c3)C2C1=O. The Bertz CT molecular complexity index is 1830. The highest BCUT2D eigenvalue weighted by molar-refractivity contribution is 14.1. The van der Waals surface area contributed by atoms with Crippen LogP contribution >= 0.6 is 22.6 Å². The quantitative estimate of drug-likeness (QED) is 0.181. The van der Waals surface area contributed by atoms with Gasteiger partial charge in [0.15, 0.2) is 11.5 Å². The zero-order valence-electron chi connectivity index (χ0n) is 26.4. The van der Waals surface area contributed by atoms with Crippen LogP contribution in [0.3, 0.4) is 0 Å². The number of hydrogen-bond acceptors (Lipinski definition) is 7. The van der Waals surface area contributed by atoms with Crippen LogP contribution in [0.15, 0.2) is 78.4 Å². The number of nitrogens with zero attached hydrogens (tertiary/aromatic N) is 2. The molecule has 3 aromatic rings. The number of rotatable bonds is 7. The number of benzene rings is 3. The molecular formula is C37H36IN3O6. The van der Waals surface area contributed by atoms with Gasteiger partial charge in [-0.15, -0.1) is 0 Å². The molecule has 0 spiro atoms. The molecule has 0 aromatic heterocycles. The number of hydrazine groups is 1. The number of amides is 4. The lowest BCUT2D eigenvalue weighted by molar-refractivity contribution is -0.141. The standard InChI is InChI=1S/C37H36IN3O6/c1-4-16-40-33(43)25-15-14-24-26(30(25)35(40)45)19-27-34(44)41(39-23-12-10-20(2)11-13-23)36(46)37(27,22-8-6-5-7-9-22)31(24)21-17-28(38)32(42)29(18-21)47-3/h5-14,17-18,25-27,30-31,39,42H,4,15-16,19H2,1-3H3. The van der Waals surface area contributed by atoms with Crippen molar-refractivity contribution in [1.29, 1.82) is 0 Å². The van der Waals surface area contributed by atoms with Crippen molar-refractivity contribution in [2.45, 2.75) is 44.4 Å². The first-order valence-corrected chi connectivity index (χ1v) is 17.1. The molecule has 3 aromatic carbocycles. The molecule has 7 rings (SSSR count).